The van der Waals surface area contributed by atoms with Crippen LogP contribution in [-0.2, 0) is 16.6 Å². The van der Waals surface area contributed by atoms with Crippen molar-refractivity contribution in [2.45, 2.75) is 44.5 Å². The van der Waals surface area contributed by atoms with Crippen LogP contribution in [0, 0.1) is 5.92 Å². The third-order valence-electron chi connectivity index (χ3n) is 6.88. The smallest absolute Gasteiger partial charge is 0.263 e. The summed E-state index contributed by atoms with van der Waals surface area (Å²) < 4.78 is 7.72. The number of pyridine rings is 1. The van der Waals surface area contributed by atoms with E-state index >= 15 is 0 Å². The molecule has 3 aliphatic rings. The van der Waals surface area contributed by atoms with E-state index in [4.69, 9.17) is 4.74 Å². The number of hydrogen-bond donors (Lipinski definition) is 0. The van der Waals surface area contributed by atoms with Crippen LogP contribution >= 0.6 is 0 Å². The Morgan fingerprint density at radius 2 is 2.00 bits per heavy atom. The van der Waals surface area contributed by atoms with Crippen molar-refractivity contribution in [3.05, 3.63) is 46.2 Å². The molecule has 0 radical (unpaired) electrons. The predicted octanol–water partition coefficient (Wildman–Crippen LogP) is 1.74. The fourth-order valence-electron chi connectivity index (χ4n) is 5.34. The van der Waals surface area contributed by atoms with E-state index in [1.54, 1.807) is 18.0 Å². The van der Waals surface area contributed by atoms with E-state index in [2.05, 4.69) is 13.8 Å². The maximum absolute atomic E-state index is 13.4. The Balaban J connectivity index is 1.53. The van der Waals surface area contributed by atoms with Crippen LogP contribution in [0.2, 0.25) is 0 Å². The molecular formula is C22H25N3O4. The van der Waals surface area contributed by atoms with Gasteiger partial charge in [-0.1, -0.05) is 32.0 Å². The number of nitrogens with zero attached hydrogens (tertiary/aromatic N) is 3. The van der Waals surface area contributed by atoms with Gasteiger partial charge in [-0.15, -0.1) is 0 Å². The van der Waals surface area contributed by atoms with Crippen molar-refractivity contribution < 1.29 is 14.3 Å². The number of carbonyl (C=O) groups excluding carboxylic acids is 2. The molecule has 2 aromatic rings. The molecule has 3 atom stereocenters. The normalized spacial score (nSPS) is 28.5. The van der Waals surface area contributed by atoms with Crippen LogP contribution in [0.5, 0.6) is 0 Å². The second-order valence-corrected chi connectivity index (χ2v) is 8.68. The largest absolute Gasteiger partial charge is 0.351 e. The van der Waals surface area contributed by atoms with Crippen molar-refractivity contribution in [3.63, 3.8) is 0 Å². The third-order valence-corrected chi connectivity index (χ3v) is 6.88. The Morgan fingerprint density at radius 3 is 2.76 bits per heavy atom. The molecule has 3 saturated heterocycles. The SMILES string of the molecule is CC(C)[C@@H]1CO[C@@]23CCN(C(=O)c4cc5ccccc5n(C)c4=O)[C@@H]2CC(=O)N13. The lowest BCUT2D eigenvalue weighted by Crippen LogP contribution is -2.51. The summed E-state index contributed by atoms with van der Waals surface area (Å²) in [6.07, 6.45) is 0.842. The number of amides is 2. The summed E-state index contributed by atoms with van der Waals surface area (Å²) in [5.74, 6) is 0.00852. The van der Waals surface area contributed by atoms with E-state index in [-0.39, 0.29) is 47.4 Å². The number of rotatable bonds is 2. The van der Waals surface area contributed by atoms with Crippen LogP contribution < -0.4 is 5.56 Å². The minimum atomic E-state index is -0.732. The lowest BCUT2D eigenvalue weighted by Gasteiger charge is -2.34. The number of fused-ring (bicyclic) bond motifs is 1. The highest BCUT2D eigenvalue weighted by Gasteiger charge is 2.65. The van der Waals surface area contributed by atoms with Gasteiger partial charge in [0.1, 0.15) is 5.56 Å². The fourth-order valence-corrected chi connectivity index (χ4v) is 5.34. The zero-order valence-electron chi connectivity index (χ0n) is 16.9. The van der Waals surface area contributed by atoms with Crippen LogP contribution in [0.25, 0.3) is 10.9 Å². The minimum absolute atomic E-state index is 0.0371. The molecule has 0 saturated carbocycles. The van der Waals surface area contributed by atoms with Gasteiger partial charge in [0.15, 0.2) is 5.72 Å². The highest BCUT2D eigenvalue weighted by molar-refractivity contribution is 5.98. The van der Waals surface area contributed by atoms with Gasteiger partial charge in [-0.05, 0) is 23.4 Å². The molecule has 5 rings (SSSR count). The lowest BCUT2D eigenvalue weighted by molar-refractivity contribution is -0.139. The van der Waals surface area contributed by atoms with Gasteiger partial charge in [0.05, 0.1) is 30.6 Å². The Bertz CT molecular complexity index is 1090. The number of benzene rings is 1. The van der Waals surface area contributed by atoms with Crippen LogP contribution in [0.15, 0.2) is 35.1 Å². The molecule has 1 spiro atoms. The van der Waals surface area contributed by atoms with E-state index in [0.29, 0.717) is 19.6 Å². The first-order chi connectivity index (χ1) is 13.8. The topological polar surface area (TPSA) is 71.8 Å². The zero-order chi connectivity index (χ0) is 20.5. The Morgan fingerprint density at radius 1 is 1.24 bits per heavy atom. The number of ether oxygens (including phenoxy) is 1. The average molecular weight is 395 g/mol. The molecule has 3 fully saturated rings. The van der Waals surface area contributed by atoms with Gasteiger partial charge in [0, 0.05) is 20.0 Å². The van der Waals surface area contributed by atoms with Gasteiger partial charge >= 0.3 is 0 Å². The maximum Gasteiger partial charge on any atom is 0.263 e. The second kappa shape index (κ2) is 6.16. The van der Waals surface area contributed by atoms with Gasteiger partial charge in [-0.2, -0.15) is 0 Å². The highest BCUT2D eigenvalue weighted by atomic mass is 16.5. The van der Waals surface area contributed by atoms with Crippen LogP contribution in [0.4, 0.5) is 0 Å². The summed E-state index contributed by atoms with van der Waals surface area (Å²) in [6, 6.07) is 8.88. The molecule has 7 nitrogen and oxygen atoms in total. The number of hydrogen-bond acceptors (Lipinski definition) is 4. The molecular weight excluding hydrogens is 370 g/mol. The van der Waals surface area contributed by atoms with Crippen molar-refractivity contribution >= 4 is 22.7 Å². The first kappa shape index (κ1) is 18.4. The summed E-state index contributed by atoms with van der Waals surface area (Å²) in [5.41, 5.74) is -0.118. The van der Waals surface area contributed by atoms with Gasteiger partial charge in [-0.3, -0.25) is 14.4 Å². The quantitative estimate of drug-likeness (QED) is 0.777. The molecule has 152 valence electrons. The molecule has 0 N–H and O–H groups in total. The first-order valence-corrected chi connectivity index (χ1v) is 10.2. The molecule has 0 aliphatic carbocycles. The van der Waals surface area contributed by atoms with E-state index in [0.717, 1.165) is 10.9 Å². The van der Waals surface area contributed by atoms with Crippen molar-refractivity contribution in [1.29, 1.82) is 0 Å². The molecule has 29 heavy (non-hydrogen) atoms. The van der Waals surface area contributed by atoms with Crippen molar-refractivity contribution in [2.24, 2.45) is 13.0 Å². The number of aromatic nitrogens is 1. The molecule has 3 aliphatic heterocycles. The first-order valence-electron chi connectivity index (χ1n) is 10.2. The van der Waals surface area contributed by atoms with Gasteiger partial charge in [0.2, 0.25) is 5.91 Å². The van der Waals surface area contributed by atoms with Gasteiger partial charge < -0.3 is 19.1 Å². The van der Waals surface area contributed by atoms with Crippen LogP contribution in [0.1, 0.15) is 37.0 Å². The van der Waals surface area contributed by atoms with Crippen molar-refractivity contribution in [1.82, 2.24) is 14.4 Å². The molecule has 2 amide bonds. The van der Waals surface area contributed by atoms with Gasteiger partial charge in [-0.25, -0.2) is 0 Å². The summed E-state index contributed by atoms with van der Waals surface area (Å²) in [6.45, 7) is 5.16. The number of likely N-dealkylation sites (tertiary alicyclic amines) is 1. The monoisotopic (exact) mass is 395 g/mol. The molecule has 0 unspecified atom stereocenters. The van der Waals surface area contributed by atoms with Crippen molar-refractivity contribution in [3.8, 4) is 0 Å². The molecule has 0 bridgehead atoms. The summed E-state index contributed by atoms with van der Waals surface area (Å²) in [7, 11) is 1.68. The molecule has 1 aromatic carbocycles. The highest BCUT2D eigenvalue weighted by Crippen LogP contribution is 2.49. The summed E-state index contributed by atoms with van der Waals surface area (Å²) >= 11 is 0. The average Bonchev–Trinajstić information content (AvgIpc) is 3.33. The van der Waals surface area contributed by atoms with Crippen molar-refractivity contribution in [2.75, 3.05) is 13.2 Å². The summed E-state index contributed by atoms with van der Waals surface area (Å²) in [4.78, 5) is 42.7. The Kier molecular flexibility index (Phi) is 3.90. The molecule has 7 heteroatoms. The van der Waals surface area contributed by atoms with E-state index in [1.165, 1.54) is 4.57 Å². The number of aryl methyl sites for hydroxylation is 1. The Hall–Kier alpha value is -2.67. The fraction of sp³-hybridized carbons (Fsp3) is 0.500. The second-order valence-electron chi connectivity index (χ2n) is 8.68. The van der Waals surface area contributed by atoms with Crippen LogP contribution in [0.3, 0.4) is 0 Å². The predicted molar refractivity (Wildman–Crippen MR) is 107 cm³/mol. The van der Waals surface area contributed by atoms with Gasteiger partial charge in [0.25, 0.3) is 11.5 Å². The Labute approximate surface area is 168 Å². The third kappa shape index (κ3) is 2.37. The van der Waals surface area contributed by atoms with E-state index < -0.39 is 5.72 Å². The molecule has 1 aromatic heterocycles. The standard InChI is InChI=1S/C22H25N3O4/c1-13(2)17-12-29-22-8-9-24(18(22)11-19(26)25(17)22)21(28)15-10-14-6-4-5-7-16(14)23(3)20(15)27/h4-7,10,13,17-18H,8-9,11-12H2,1-3H3/t17-,18+,22-/m0/s1. The van der Waals surface area contributed by atoms with E-state index in [1.807, 2.05) is 29.2 Å². The minimum Gasteiger partial charge on any atom is -0.351 e. The lowest BCUT2D eigenvalue weighted by atomic mass is 10.0. The van der Waals surface area contributed by atoms with Crippen LogP contribution in [-0.4, -0.2) is 57.1 Å². The maximum atomic E-state index is 13.4. The molecule has 4 heterocycles. The number of carbonyl (C=O) groups is 2. The number of para-hydroxylation sites is 1. The summed E-state index contributed by atoms with van der Waals surface area (Å²) in [5, 5.41) is 0.841. The zero-order valence-corrected chi connectivity index (χ0v) is 16.9. The van der Waals surface area contributed by atoms with E-state index in [9.17, 15) is 14.4 Å².